The summed E-state index contributed by atoms with van der Waals surface area (Å²) in [7, 11) is 0. The number of rotatable bonds is 13. The Balaban J connectivity index is 1.80. The summed E-state index contributed by atoms with van der Waals surface area (Å²) in [6, 6.07) is 10.7. The molecule has 1 aromatic rings. The number of carbonyl (C=O) groups excluding carboxylic acids is 1. The Kier molecular flexibility index (Phi) is 12.0. The van der Waals surface area contributed by atoms with Gasteiger partial charge in [-0.05, 0) is 31.2 Å². The molecular weight excluding hydrogens is 288 g/mol. The number of hydrogen-bond donors (Lipinski definition) is 0. The summed E-state index contributed by atoms with van der Waals surface area (Å²) in [6.45, 7) is 3.02. The third-order valence-electron chi connectivity index (χ3n) is 3.89. The van der Waals surface area contributed by atoms with Crippen molar-refractivity contribution in [3.63, 3.8) is 0 Å². The molecule has 130 valence electrons. The zero-order valence-corrected chi connectivity index (χ0v) is 14.6. The first-order chi connectivity index (χ1) is 11.3. The van der Waals surface area contributed by atoms with Gasteiger partial charge in [-0.1, -0.05) is 75.8 Å². The molecule has 0 aromatic heterocycles. The van der Waals surface area contributed by atoms with Crippen molar-refractivity contribution in [1.82, 2.24) is 0 Å². The Bertz CT molecular complexity index is 389. The van der Waals surface area contributed by atoms with E-state index in [1.807, 2.05) is 0 Å². The number of aryl methyl sites for hydroxylation is 1. The molecule has 3 nitrogen and oxygen atoms in total. The molecular formula is C20H32O3. The highest BCUT2D eigenvalue weighted by Gasteiger charge is 2.02. The van der Waals surface area contributed by atoms with Crippen LogP contribution >= 0.6 is 0 Å². The van der Waals surface area contributed by atoms with E-state index < -0.39 is 6.16 Å². The van der Waals surface area contributed by atoms with E-state index in [9.17, 15) is 4.79 Å². The van der Waals surface area contributed by atoms with E-state index in [2.05, 4.69) is 37.3 Å². The predicted molar refractivity (Wildman–Crippen MR) is 94.7 cm³/mol. The van der Waals surface area contributed by atoms with E-state index in [1.165, 1.54) is 44.1 Å². The van der Waals surface area contributed by atoms with E-state index in [0.29, 0.717) is 13.2 Å². The van der Waals surface area contributed by atoms with E-state index in [0.717, 1.165) is 25.7 Å². The van der Waals surface area contributed by atoms with Gasteiger partial charge in [-0.3, -0.25) is 0 Å². The van der Waals surface area contributed by atoms with Crippen molar-refractivity contribution in [2.24, 2.45) is 0 Å². The average Bonchev–Trinajstić information content (AvgIpc) is 2.58. The van der Waals surface area contributed by atoms with E-state index in [-0.39, 0.29) is 0 Å². The summed E-state index contributed by atoms with van der Waals surface area (Å²) in [4.78, 5) is 11.2. The maximum Gasteiger partial charge on any atom is 0.508 e. The first-order valence-corrected chi connectivity index (χ1v) is 9.16. The van der Waals surface area contributed by atoms with Gasteiger partial charge in [0.15, 0.2) is 0 Å². The van der Waals surface area contributed by atoms with Gasteiger partial charge in [0.05, 0.1) is 13.2 Å². The van der Waals surface area contributed by atoms with Gasteiger partial charge < -0.3 is 9.47 Å². The Morgan fingerprint density at radius 2 is 1.35 bits per heavy atom. The molecule has 0 aliphatic carbocycles. The van der Waals surface area contributed by atoms with Crippen LogP contribution in [0.2, 0.25) is 0 Å². The Labute approximate surface area is 141 Å². The Morgan fingerprint density at radius 3 is 2.00 bits per heavy atom. The van der Waals surface area contributed by atoms with E-state index >= 15 is 0 Å². The van der Waals surface area contributed by atoms with Crippen molar-refractivity contribution >= 4 is 6.16 Å². The zero-order chi connectivity index (χ0) is 16.6. The van der Waals surface area contributed by atoms with Crippen molar-refractivity contribution in [2.45, 2.75) is 71.1 Å². The van der Waals surface area contributed by atoms with Crippen molar-refractivity contribution < 1.29 is 14.3 Å². The molecule has 0 amide bonds. The molecule has 0 fully saturated rings. The first kappa shape index (κ1) is 19.5. The minimum Gasteiger partial charge on any atom is -0.434 e. The largest absolute Gasteiger partial charge is 0.508 e. The fraction of sp³-hybridized carbons (Fsp3) is 0.650. The predicted octanol–water partition coefficient (Wildman–Crippen LogP) is 5.91. The quantitative estimate of drug-likeness (QED) is 0.334. The second-order valence-electron chi connectivity index (χ2n) is 6.01. The molecule has 0 saturated heterocycles. The van der Waals surface area contributed by atoms with Crippen molar-refractivity contribution in [3.8, 4) is 0 Å². The van der Waals surface area contributed by atoms with Crippen LogP contribution in [-0.4, -0.2) is 19.4 Å². The molecule has 0 aliphatic heterocycles. The fourth-order valence-corrected chi connectivity index (χ4v) is 2.46. The van der Waals surface area contributed by atoms with Crippen LogP contribution in [0.1, 0.15) is 70.3 Å². The molecule has 0 unspecified atom stereocenters. The monoisotopic (exact) mass is 320 g/mol. The van der Waals surface area contributed by atoms with Gasteiger partial charge in [0, 0.05) is 0 Å². The first-order valence-electron chi connectivity index (χ1n) is 9.16. The van der Waals surface area contributed by atoms with Crippen molar-refractivity contribution in [3.05, 3.63) is 35.9 Å². The van der Waals surface area contributed by atoms with Gasteiger partial charge >= 0.3 is 6.16 Å². The average molecular weight is 320 g/mol. The fourth-order valence-electron chi connectivity index (χ4n) is 2.46. The van der Waals surface area contributed by atoms with Crippen LogP contribution in [0.5, 0.6) is 0 Å². The number of hydrogen-bond acceptors (Lipinski definition) is 3. The molecule has 0 bridgehead atoms. The maximum atomic E-state index is 11.2. The van der Waals surface area contributed by atoms with Crippen LogP contribution in [0.3, 0.4) is 0 Å². The Morgan fingerprint density at radius 1 is 0.783 bits per heavy atom. The third-order valence-corrected chi connectivity index (χ3v) is 3.89. The molecule has 3 heteroatoms. The molecule has 0 spiro atoms. The number of carbonyl (C=O) groups is 1. The van der Waals surface area contributed by atoms with E-state index in [4.69, 9.17) is 9.47 Å². The highest BCUT2D eigenvalue weighted by Crippen LogP contribution is 2.10. The highest BCUT2D eigenvalue weighted by atomic mass is 16.7. The minimum atomic E-state index is -0.514. The number of unbranched alkanes of at least 4 members (excludes halogenated alkanes) is 7. The summed E-state index contributed by atoms with van der Waals surface area (Å²) < 4.78 is 9.95. The van der Waals surface area contributed by atoms with Crippen LogP contribution < -0.4 is 0 Å². The molecule has 0 N–H and O–H groups in total. The molecule has 0 aliphatic rings. The van der Waals surface area contributed by atoms with Crippen molar-refractivity contribution in [1.29, 1.82) is 0 Å². The van der Waals surface area contributed by atoms with Gasteiger partial charge in [0.2, 0.25) is 0 Å². The van der Waals surface area contributed by atoms with Crippen LogP contribution in [0.15, 0.2) is 30.3 Å². The molecule has 0 saturated carbocycles. The maximum absolute atomic E-state index is 11.2. The molecule has 0 heterocycles. The zero-order valence-electron chi connectivity index (χ0n) is 14.6. The smallest absolute Gasteiger partial charge is 0.434 e. The summed E-state index contributed by atoms with van der Waals surface area (Å²) in [5, 5.41) is 0. The number of benzene rings is 1. The van der Waals surface area contributed by atoms with Gasteiger partial charge in [0.25, 0.3) is 0 Å². The van der Waals surface area contributed by atoms with Gasteiger partial charge in [-0.25, -0.2) is 4.79 Å². The van der Waals surface area contributed by atoms with E-state index in [1.54, 1.807) is 0 Å². The molecule has 1 rings (SSSR count). The lowest BCUT2D eigenvalue weighted by Crippen LogP contribution is -2.09. The normalized spacial score (nSPS) is 10.5. The Hall–Kier alpha value is -1.51. The second kappa shape index (κ2) is 14.1. The van der Waals surface area contributed by atoms with Gasteiger partial charge in [-0.15, -0.1) is 0 Å². The summed E-state index contributed by atoms with van der Waals surface area (Å²) in [5.41, 5.74) is 1.44. The highest BCUT2D eigenvalue weighted by molar-refractivity contribution is 5.59. The lowest BCUT2D eigenvalue weighted by atomic mass is 10.0. The standard InChI is InChI=1S/C20H32O3/c1-2-3-17-22-20(21)23-18-13-8-6-4-5-7-10-14-19-15-11-9-12-16-19/h9,11-12,15-16H,2-8,10,13-14,17-18H2,1H3. The van der Waals surface area contributed by atoms with Gasteiger partial charge in [-0.2, -0.15) is 0 Å². The second-order valence-corrected chi connectivity index (χ2v) is 6.01. The lowest BCUT2D eigenvalue weighted by Gasteiger charge is -2.06. The van der Waals surface area contributed by atoms with Crippen LogP contribution in [0, 0.1) is 0 Å². The van der Waals surface area contributed by atoms with Crippen LogP contribution in [0.4, 0.5) is 4.79 Å². The molecule has 0 atom stereocenters. The summed E-state index contributed by atoms with van der Waals surface area (Å²) in [6.07, 6.45) is 11.0. The van der Waals surface area contributed by atoms with Crippen LogP contribution in [-0.2, 0) is 15.9 Å². The SMILES string of the molecule is CCCCOC(=O)OCCCCCCCCCc1ccccc1. The van der Waals surface area contributed by atoms with Gasteiger partial charge in [0.1, 0.15) is 0 Å². The summed E-state index contributed by atoms with van der Waals surface area (Å²) in [5.74, 6) is 0. The topological polar surface area (TPSA) is 35.5 Å². The molecule has 23 heavy (non-hydrogen) atoms. The third kappa shape index (κ3) is 11.7. The van der Waals surface area contributed by atoms with Crippen molar-refractivity contribution in [2.75, 3.05) is 13.2 Å². The van der Waals surface area contributed by atoms with Crippen LogP contribution in [0.25, 0.3) is 0 Å². The number of ether oxygens (including phenoxy) is 2. The lowest BCUT2D eigenvalue weighted by molar-refractivity contribution is 0.0532. The summed E-state index contributed by atoms with van der Waals surface area (Å²) >= 11 is 0. The molecule has 0 radical (unpaired) electrons. The molecule has 1 aromatic carbocycles. The minimum absolute atomic E-state index is 0.471.